The fourth-order valence-corrected chi connectivity index (χ4v) is 3.84. The number of nitrogens with one attached hydrogen (secondary N) is 2. The maximum Gasteiger partial charge on any atom is 0.425 e. The van der Waals surface area contributed by atoms with Gasteiger partial charge in [-0.3, -0.25) is 9.59 Å². The molecule has 2 saturated heterocycles. The number of carbonyl (C=O) groups is 2. The minimum Gasteiger partial charge on any atom is -0.391 e. The van der Waals surface area contributed by atoms with Crippen LogP contribution in [0.25, 0.3) is 0 Å². The van der Waals surface area contributed by atoms with Crippen LogP contribution in [0.3, 0.4) is 0 Å². The van der Waals surface area contributed by atoms with Crippen LogP contribution in [0.1, 0.15) is 37.2 Å². The molecule has 0 aliphatic carbocycles. The van der Waals surface area contributed by atoms with Crippen molar-refractivity contribution in [1.82, 2.24) is 10.6 Å². The summed E-state index contributed by atoms with van der Waals surface area (Å²) in [5, 5.41) is 14.2. The molecule has 2 aliphatic rings. The van der Waals surface area contributed by atoms with E-state index in [0.717, 1.165) is 13.0 Å². The van der Waals surface area contributed by atoms with Crippen LogP contribution in [0.5, 0.6) is 0 Å². The van der Waals surface area contributed by atoms with Crippen LogP contribution in [0.4, 0.5) is 0 Å². The number of benzene rings is 2. The highest BCUT2D eigenvalue weighted by Crippen LogP contribution is 2.22. The van der Waals surface area contributed by atoms with E-state index in [-0.39, 0.29) is 22.8 Å². The van der Waals surface area contributed by atoms with E-state index < -0.39 is 19.7 Å². The maximum absolute atomic E-state index is 10.9. The lowest BCUT2D eigenvalue weighted by atomic mass is 9.92. The molecule has 10 nitrogen and oxygen atoms in total. The standard InChI is InChI=1S/C11H13NO.C6H5ClO2S.C5H9NO2.O3S/c13-11-7-6-10(8-12-11)9-4-2-1-3-5-9;7-10(8,9)6-4-2-1-3-5-6;7-4-1-2-5(8)6-3-4;1-4(2)3/h1-5,10H,6-8H2,(H,12,13);1-5H;4,7H,1-3H2,(H,6,8);. The largest absolute Gasteiger partial charge is 0.425 e. The van der Waals surface area contributed by atoms with Gasteiger partial charge in [0.1, 0.15) is 0 Å². The summed E-state index contributed by atoms with van der Waals surface area (Å²) in [6.45, 7) is 1.22. The number of amides is 2. The third-order valence-electron chi connectivity index (χ3n) is 4.80. The van der Waals surface area contributed by atoms with Crippen molar-refractivity contribution in [3.05, 3.63) is 66.2 Å². The predicted octanol–water partition coefficient (Wildman–Crippen LogP) is 1.55. The van der Waals surface area contributed by atoms with Gasteiger partial charge < -0.3 is 15.7 Å². The van der Waals surface area contributed by atoms with Gasteiger partial charge in [-0.25, -0.2) is 8.42 Å². The number of halogens is 1. The number of aliphatic hydroxyl groups is 1. The molecule has 2 atom stereocenters. The molecule has 0 spiro atoms. The van der Waals surface area contributed by atoms with Crippen LogP contribution in [0.15, 0.2) is 65.6 Å². The summed E-state index contributed by atoms with van der Waals surface area (Å²) < 4.78 is 46.5. The molecule has 2 fully saturated rings. The summed E-state index contributed by atoms with van der Waals surface area (Å²) in [6, 6.07) is 18.2. The summed E-state index contributed by atoms with van der Waals surface area (Å²) in [5.74, 6) is 0.751. The van der Waals surface area contributed by atoms with E-state index in [2.05, 4.69) is 22.8 Å². The highest BCUT2D eigenvalue weighted by atomic mass is 35.7. The van der Waals surface area contributed by atoms with Crippen molar-refractivity contribution < 1.29 is 35.7 Å². The van der Waals surface area contributed by atoms with E-state index in [1.165, 1.54) is 17.7 Å². The molecule has 0 bridgehead atoms. The van der Waals surface area contributed by atoms with Crippen LogP contribution in [0, 0.1) is 0 Å². The van der Waals surface area contributed by atoms with Crippen molar-refractivity contribution in [2.45, 2.75) is 42.6 Å². The van der Waals surface area contributed by atoms with Gasteiger partial charge in [-0.2, -0.15) is 0 Å². The first-order valence-electron chi connectivity index (χ1n) is 10.5. The molecule has 0 saturated carbocycles. The van der Waals surface area contributed by atoms with Gasteiger partial charge >= 0.3 is 10.6 Å². The van der Waals surface area contributed by atoms with E-state index in [1.54, 1.807) is 18.2 Å². The molecule has 13 heteroatoms. The second kappa shape index (κ2) is 16.0. The molecule has 0 radical (unpaired) electrons. The average molecular weight is 547 g/mol. The van der Waals surface area contributed by atoms with Gasteiger partial charge in [0.15, 0.2) is 0 Å². The Morgan fingerprint density at radius 1 is 0.800 bits per heavy atom. The molecular weight excluding hydrogens is 520 g/mol. The number of carbonyl (C=O) groups excluding carboxylic acids is 2. The Labute approximate surface area is 210 Å². The smallest absolute Gasteiger partial charge is 0.391 e. The minimum atomic E-state index is -3.53. The number of hydrogen-bond acceptors (Lipinski definition) is 8. The Morgan fingerprint density at radius 2 is 1.26 bits per heavy atom. The van der Waals surface area contributed by atoms with Crippen molar-refractivity contribution in [2.24, 2.45) is 0 Å². The molecule has 2 amide bonds. The molecule has 2 aromatic carbocycles. The summed E-state index contributed by atoms with van der Waals surface area (Å²) in [4.78, 5) is 21.5. The summed E-state index contributed by atoms with van der Waals surface area (Å²) >= 11 is 0. The first-order chi connectivity index (χ1) is 16.5. The van der Waals surface area contributed by atoms with Crippen LogP contribution >= 0.6 is 10.7 Å². The van der Waals surface area contributed by atoms with E-state index in [4.69, 9.17) is 28.4 Å². The number of β-amino-alcohol motifs (C(OH)–C–C–N with tert-alkyl or cyclic N) is 1. The molecule has 0 aromatic heterocycles. The molecule has 4 rings (SSSR count). The van der Waals surface area contributed by atoms with Gasteiger partial charge in [0.2, 0.25) is 11.8 Å². The van der Waals surface area contributed by atoms with Gasteiger partial charge in [0.05, 0.1) is 11.0 Å². The zero-order valence-electron chi connectivity index (χ0n) is 18.7. The van der Waals surface area contributed by atoms with Crippen LogP contribution in [-0.2, 0) is 29.2 Å². The zero-order chi connectivity index (χ0) is 26.3. The van der Waals surface area contributed by atoms with Gasteiger partial charge in [-0.05, 0) is 30.5 Å². The molecule has 192 valence electrons. The number of hydrogen-bond donors (Lipinski definition) is 3. The third kappa shape index (κ3) is 14.3. The quantitative estimate of drug-likeness (QED) is 0.477. The first-order valence-corrected chi connectivity index (χ1v) is 13.8. The maximum atomic E-state index is 10.9. The third-order valence-corrected chi connectivity index (χ3v) is 6.17. The predicted molar refractivity (Wildman–Crippen MR) is 129 cm³/mol. The normalized spacial score (nSPS) is 19.0. The molecule has 2 aromatic rings. The lowest BCUT2D eigenvalue weighted by molar-refractivity contribution is -0.124. The molecule has 3 N–H and O–H groups in total. The van der Waals surface area contributed by atoms with Gasteiger partial charge in [-0.1, -0.05) is 48.5 Å². The summed E-state index contributed by atoms with van der Waals surface area (Å²) in [6.07, 6.45) is 2.43. The Hall–Kier alpha value is -2.80. The average Bonchev–Trinajstić information content (AvgIpc) is 2.83. The van der Waals surface area contributed by atoms with E-state index in [1.807, 2.05) is 18.2 Å². The van der Waals surface area contributed by atoms with Gasteiger partial charge in [0.25, 0.3) is 9.05 Å². The van der Waals surface area contributed by atoms with Crippen LogP contribution in [0.2, 0.25) is 0 Å². The zero-order valence-corrected chi connectivity index (χ0v) is 21.1. The van der Waals surface area contributed by atoms with Crippen molar-refractivity contribution in [2.75, 3.05) is 13.1 Å². The SMILES string of the molecule is O=C1CCC(O)CN1.O=C1CCC(c2ccccc2)CN1.O=S(=O)(Cl)c1ccccc1.O=S(=O)=O. The Bertz CT molecular complexity index is 1120. The fraction of sp³-hybridized carbons (Fsp3) is 0.364. The van der Waals surface area contributed by atoms with Crippen LogP contribution < -0.4 is 10.6 Å². The van der Waals surface area contributed by atoms with Crippen molar-refractivity contribution in [3.63, 3.8) is 0 Å². The van der Waals surface area contributed by atoms with E-state index >= 15 is 0 Å². The fourth-order valence-electron chi connectivity index (χ4n) is 3.05. The molecule has 2 heterocycles. The van der Waals surface area contributed by atoms with E-state index in [0.29, 0.717) is 31.7 Å². The van der Waals surface area contributed by atoms with Gasteiger partial charge in [0, 0.05) is 42.5 Å². The number of aliphatic hydroxyl groups excluding tert-OH is 1. The molecular formula is C22H27ClN2O8S2. The lowest BCUT2D eigenvalue weighted by Crippen LogP contribution is -2.37. The van der Waals surface area contributed by atoms with Gasteiger partial charge in [-0.15, -0.1) is 12.6 Å². The Kier molecular flexibility index (Phi) is 13.8. The highest BCUT2D eigenvalue weighted by Gasteiger charge is 2.18. The second-order valence-electron chi connectivity index (χ2n) is 7.40. The van der Waals surface area contributed by atoms with Crippen LogP contribution in [-0.4, -0.2) is 57.2 Å². The van der Waals surface area contributed by atoms with Crippen molar-refractivity contribution in [3.8, 4) is 0 Å². The molecule has 2 aliphatic heterocycles. The lowest BCUT2D eigenvalue weighted by Gasteiger charge is -2.22. The Morgan fingerprint density at radius 3 is 1.60 bits per heavy atom. The topological polar surface area (TPSA) is 164 Å². The van der Waals surface area contributed by atoms with Crippen molar-refractivity contribution in [1.29, 1.82) is 0 Å². The minimum absolute atomic E-state index is 0.0512. The first kappa shape index (κ1) is 30.2. The number of piperidine rings is 2. The molecule has 2 unspecified atom stereocenters. The second-order valence-corrected chi connectivity index (χ2v) is 10.4. The van der Waals surface area contributed by atoms with Crippen molar-refractivity contribution >= 4 is 42.2 Å². The molecule has 35 heavy (non-hydrogen) atoms. The number of rotatable bonds is 2. The Balaban J connectivity index is 0.000000250. The monoisotopic (exact) mass is 546 g/mol. The highest BCUT2D eigenvalue weighted by molar-refractivity contribution is 8.13. The summed E-state index contributed by atoms with van der Waals surface area (Å²) in [5.41, 5.74) is 1.34. The van der Waals surface area contributed by atoms with E-state index in [9.17, 15) is 18.0 Å². The summed E-state index contributed by atoms with van der Waals surface area (Å²) in [7, 11) is -1.61.